The van der Waals surface area contributed by atoms with Gasteiger partial charge in [-0.25, -0.2) is 20.2 Å². The zero-order valence-corrected chi connectivity index (χ0v) is 11.8. The predicted molar refractivity (Wildman–Crippen MR) is 79.4 cm³/mol. The van der Waals surface area contributed by atoms with E-state index in [-0.39, 0.29) is 32.6 Å². The van der Waals surface area contributed by atoms with Gasteiger partial charge >= 0.3 is 6.18 Å². The molecule has 0 radical (unpaired) electrons. The van der Waals surface area contributed by atoms with Gasteiger partial charge in [0.05, 0.1) is 30.8 Å². The van der Waals surface area contributed by atoms with Crippen LogP contribution in [0.4, 0.5) is 13.2 Å². The van der Waals surface area contributed by atoms with E-state index in [1.807, 2.05) is 0 Å². The second-order valence-electron chi connectivity index (χ2n) is 4.56. The number of hydrogen-bond acceptors (Lipinski definition) is 2. The van der Waals surface area contributed by atoms with E-state index in [9.17, 15) is 13.2 Å². The number of alkyl halides is 3. The summed E-state index contributed by atoms with van der Waals surface area (Å²) in [5, 5.41) is 18.4. The maximum atomic E-state index is 13.0. The largest absolute Gasteiger partial charge is 0.416 e. The number of fused-ring (bicyclic) bond motifs is 1. The van der Waals surface area contributed by atoms with Crippen LogP contribution < -0.4 is 10.4 Å². The van der Waals surface area contributed by atoms with Crippen LogP contribution in [0.3, 0.4) is 0 Å². The molecule has 114 valence electrons. The summed E-state index contributed by atoms with van der Waals surface area (Å²) in [6, 6.07) is 8.74. The lowest BCUT2D eigenvalue weighted by atomic mass is 10.0. The average molecular weight is 322 g/mol. The lowest BCUT2D eigenvalue weighted by Crippen LogP contribution is -2.16. The first-order valence-electron chi connectivity index (χ1n) is 6.31. The van der Waals surface area contributed by atoms with Gasteiger partial charge in [-0.3, -0.25) is 0 Å². The van der Waals surface area contributed by atoms with Crippen molar-refractivity contribution in [3.8, 4) is 12.1 Å². The number of nitriles is 2. The first-order valence-corrected chi connectivity index (χ1v) is 6.31. The number of halogens is 3. The minimum Gasteiger partial charge on any atom is -0.226 e. The molecule has 7 heteroatoms. The third kappa shape index (κ3) is 2.75. The molecule has 0 saturated heterocycles. The normalized spacial score (nSPS) is 13.1. The Labute approximate surface area is 134 Å². The third-order valence-corrected chi connectivity index (χ3v) is 3.29. The molecule has 0 fully saturated rings. The summed E-state index contributed by atoms with van der Waals surface area (Å²) < 4.78 is 38.9. The molecule has 0 atom stereocenters. The molecule has 2 rings (SSSR count). The zero-order chi connectivity index (χ0) is 17.9. The summed E-state index contributed by atoms with van der Waals surface area (Å²) in [6.07, 6.45) is -4.60. The molecule has 0 heterocycles. The lowest BCUT2D eigenvalue weighted by molar-refractivity contribution is -0.137. The van der Waals surface area contributed by atoms with E-state index < -0.39 is 11.7 Å². The highest BCUT2D eigenvalue weighted by atomic mass is 19.4. The topological polar surface area (TPSA) is 56.3 Å². The van der Waals surface area contributed by atoms with E-state index in [2.05, 4.69) is 9.69 Å². The second-order valence-corrected chi connectivity index (χ2v) is 4.56. The van der Waals surface area contributed by atoms with Crippen LogP contribution in [-0.4, -0.2) is 0 Å². The highest BCUT2D eigenvalue weighted by molar-refractivity contribution is 5.91. The maximum Gasteiger partial charge on any atom is 0.416 e. The Morgan fingerprint density at radius 1 is 0.875 bits per heavy atom. The first kappa shape index (κ1) is 16.6. The standard InChI is InChI=1S/C17H5F3N4/c1-23-15(8-21)12-5-6-13(16(9-22)24-2)14-7-10(17(18,19)20)3-4-11(12)14/h3-7H/b15-12-,16-13-. The van der Waals surface area contributed by atoms with Crippen LogP contribution >= 0.6 is 0 Å². The first-order chi connectivity index (χ1) is 11.4. The van der Waals surface area contributed by atoms with Crippen molar-refractivity contribution in [2.45, 2.75) is 6.18 Å². The monoisotopic (exact) mass is 322 g/mol. The number of rotatable bonds is 0. The summed E-state index contributed by atoms with van der Waals surface area (Å²) >= 11 is 0. The van der Waals surface area contributed by atoms with E-state index in [0.29, 0.717) is 0 Å². The van der Waals surface area contributed by atoms with Crippen LogP contribution in [0.15, 0.2) is 30.3 Å². The molecular weight excluding hydrogens is 317 g/mol. The molecular formula is C17H5F3N4. The quantitative estimate of drug-likeness (QED) is 0.700. The molecule has 0 aliphatic carbocycles. The fourth-order valence-corrected chi connectivity index (χ4v) is 2.23. The van der Waals surface area contributed by atoms with Crippen molar-refractivity contribution in [3.63, 3.8) is 0 Å². The molecule has 0 unspecified atom stereocenters. The minimum absolute atomic E-state index is 0.00808. The van der Waals surface area contributed by atoms with Crippen LogP contribution in [0.5, 0.6) is 0 Å². The van der Waals surface area contributed by atoms with Crippen LogP contribution in [0.1, 0.15) is 5.56 Å². The smallest absolute Gasteiger partial charge is 0.226 e. The molecule has 0 N–H and O–H groups in total. The van der Waals surface area contributed by atoms with Crippen molar-refractivity contribution in [1.82, 2.24) is 0 Å². The van der Waals surface area contributed by atoms with Crippen molar-refractivity contribution in [1.29, 1.82) is 10.5 Å². The summed E-state index contributed by atoms with van der Waals surface area (Å²) in [5.74, 6) is 0. The molecule has 0 bridgehead atoms. The molecule has 0 aromatic heterocycles. The minimum atomic E-state index is -4.60. The van der Waals surface area contributed by atoms with E-state index in [1.165, 1.54) is 12.1 Å². The van der Waals surface area contributed by atoms with E-state index in [0.717, 1.165) is 18.2 Å². The molecule has 2 aromatic rings. The fraction of sp³-hybridized carbons (Fsp3) is 0.0588. The number of hydrogen-bond donors (Lipinski definition) is 0. The molecule has 0 spiro atoms. The van der Waals surface area contributed by atoms with Gasteiger partial charge in [0.15, 0.2) is 0 Å². The highest BCUT2D eigenvalue weighted by Crippen LogP contribution is 2.30. The van der Waals surface area contributed by atoms with Crippen molar-refractivity contribution < 1.29 is 13.2 Å². The van der Waals surface area contributed by atoms with Crippen molar-refractivity contribution in [2.75, 3.05) is 0 Å². The SMILES string of the molecule is [C-]#[N+]/C(C#N)=c1/cc/c(=C(\C#N)[N+]#[C-])c2cc(C(F)(F)F)ccc12. The third-order valence-electron chi connectivity index (χ3n) is 3.29. The van der Waals surface area contributed by atoms with Gasteiger partial charge in [0.1, 0.15) is 0 Å². The van der Waals surface area contributed by atoms with Gasteiger partial charge in [-0.2, -0.15) is 13.2 Å². The molecule has 24 heavy (non-hydrogen) atoms. The lowest BCUT2D eigenvalue weighted by Gasteiger charge is -2.09. The Hall–Kier alpha value is -3.81. The van der Waals surface area contributed by atoms with E-state index in [4.69, 9.17) is 23.7 Å². The molecule has 0 aliphatic rings. The predicted octanol–water partition coefficient (Wildman–Crippen LogP) is 2.96. The Bertz CT molecular complexity index is 1100. The van der Waals surface area contributed by atoms with Crippen LogP contribution in [0.2, 0.25) is 0 Å². The Balaban J connectivity index is 3.21. The van der Waals surface area contributed by atoms with Gasteiger partial charge in [0.25, 0.3) is 11.4 Å². The zero-order valence-electron chi connectivity index (χ0n) is 11.8. The van der Waals surface area contributed by atoms with Gasteiger partial charge in [-0.15, -0.1) is 0 Å². The molecule has 0 amide bonds. The molecule has 0 saturated carbocycles. The molecule has 4 nitrogen and oxygen atoms in total. The molecule has 0 aliphatic heterocycles. The van der Waals surface area contributed by atoms with E-state index in [1.54, 1.807) is 12.1 Å². The molecule has 2 aromatic carbocycles. The van der Waals surface area contributed by atoms with Crippen molar-refractivity contribution >= 4 is 22.2 Å². The Kier molecular flexibility index (Phi) is 4.23. The van der Waals surface area contributed by atoms with Gasteiger partial charge < -0.3 is 0 Å². The van der Waals surface area contributed by atoms with Crippen LogP contribution in [0, 0.1) is 35.8 Å². The fourth-order valence-electron chi connectivity index (χ4n) is 2.23. The van der Waals surface area contributed by atoms with Crippen molar-refractivity contribution in [2.24, 2.45) is 0 Å². The second kappa shape index (κ2) is 6.13. The highest BCUT2D eigenvalue weighted by Gasteiger charge is 2.30. The van der Waals surface area contributed by atoms with Crippen LogP contribution in [0.25, 0.3) is 31.9 Å². The van der Waals surface area contributed by atoms with Crippen LogP contribution in [-0.2, 0) is 6.18 Å². The Morgan fingerprint density at radius 2 is 1.38 bits per heavy atom. The average Bonchev–Trinajstić information content (AvgIpc) is 2.57. The Morgan fingerprint density at radius 3 is 1.79 bits per heavy atom. The van der Waals surface area contributed by atoms with Crippen molar-refractivity contribution in [3.05, 3.63) is 69.2 Å². The summed E-state index contributed by atoms with van der Waals surface area (Å²) in [4.78, 5) is 6.09. The maximum absolute atomic E-state index is 13.0. The van der Waals surface area contributed by atoms with Gasteiger partial charge in [-0.1, -0.05) is 18.2 Å². The summed E-state index contributed by atoms with van der Waals surface area (Å²) in [7, 11) is 0. The van der Waals surface area contributed by atoms with Gasteiger partial charge in [0, 0.05) is 0 Å². The van der Waals surface area contributed by atoms with E-state index >= 15 is 0 Å². The van der Waals surface area contributed by atoms with Gasteiger partial charge in [0.2, 0.25) is 0 Å². The summed E-state index contributed by atoms with van der Waals surface area (Å²) in [5.41, 5.74) is -1.60. The summed E-state index contributed by atoms with van der Waals surface area (Å²) in [6.45, 7) is 14.0. The number of nitrogens with zero attached hydrogens (tertiary/aromatic N) is 4. The van der Waals surface area contributed by atoms with Gasteiger partial charge in [-0.05, 0) is 33.3 Å². The number of benzene rings is 2.